The monoisotopic (exact) mass is 338 g/mol. The highest BCUT2D eigenvalue weighted by molar-refractivity contribution is 14.1. The Morgan fingerprint density at radius 2 is 2.13 bits per heavy atom. The van der Waals surface area contributed by atoms with Gasteiger partial charge in [0, 0.05) is 8.59 Å². The van der Waals surface area contributed by atoms with E-state index < -0.39 is 6.10 Å². The molecule has 3 heteroatoms. The van der Waals surface area contributed by atoms with Gasteiger partial charge in [-0.25, -0.2) is 0 Å². The molecule has 0 aliphatic heterocycles. The maximum absolute atomic E-state index is 10.1. The molecule has 0 saturated heterocycles. The van der Waals surface area contributed by atoms with Gasteiger partial charge in [-0.3, -0.25) is 0 Å². The number of hydrogen-bond donors (Lipinski definition) is 1. The Kier molecular flexibility index (Phi) is 5.36. The van der Waals surface area contributed by atoms with Crippen molar-refractivity contribution in [3.63, 3.8) is 0 Å². The van der Waals surface area contributed by atoms with Gasteiger partial charge in [0.1, 0.15) is 0 Å². The Labute approximate surface area is 110 Å². The van der Waals surface area contributed by atoms with Crippen LogP contribution in [-0.4, -0.2) is 5.11 Å². The molecule has 0 aliphatic carbocycles. The molecule has 1 N–H and O–H groups in total. The van der Waals surface area contributed by atoms with E-state index in [1.54, 1.807) is 0 Å². The quantitative estimate of drug-likeness (QED) is 0.806. The first-order valence-electron chi connectivity index (χ1n) is 5.17. The average molecular weight is 339 g/mol. The summed E-state index contributed by atoms with van der Waals surface area (Å²) in [5.74, 6) is 0.537. The largest absolute Gasteiger partial charge is 0.388 e. The maximum Gasteiger partial charge on any atom is 0.0803 e. The van der Waals surface area contributed by atoms with Gasteiger partial charge in [-0.1, -0.05) is 31.9 Å². The van der Waals surface area contributed by atoms with Gasteiger partial charge in [-0.15, -0.1) is 0 Å². The van der Waals surface area contributed by atoms with Crippen molar-refractivity contribution >= 4 is 34.2 Å². The van der Waals surface area contributed by atoms with Crippen molar-refractivity contribution in [2.75, 3.05) is 0 Å². The van der Waals surface area contributed by atoms with E-state index in [0.29, 0.717) is 10.9 Å². The molecule has 2 unspecified atom stereocenters. The molecule has 15 heavy (non-hydrogen) atoms. The van der Waals surface area contributed by atoms with E-state index in [-0.39, 0.29) is 0 Å². The van der Waals surface area contributed by atoms with Crippen molar-refractivity contribution in [3.8, 4) is 0 Å². The molecule has 0 radical (unpaired) electrons. The minimum absolute atomic E-state index is 0.398. The predicted molar refractivity (Wildman–Crippen MR) is 73.2 cm³/mol. The van der Waals surface area contributed by atoms with Crippen molar-refractivity contribution in [1.82, 2.24) is 0 Å². The van der Waals surface area contributed by atoms with Crippen LogP contribution in [0, 0.1) is 9.49 Å². The number of aliphatic hydroxyl groups is 1. The molecular weight excluding hydrogens is 322 g/mol. The highest BCUT2D eigenvalue weighted by atomic mass is 127. The third-order valence-corrected chi connectivity index (χ3v) is 3.86. The zero-order valence-corrected chi connectivity index (χ0v) is 11.9. The summed E-state index contributed by atoms with van der Waals surface area (Å²) in [6.07, 6.45) is 1.49. The lowest BCUT2D eigenvalue weighted by atomic mass is 9.96. The molecule has 1 rings (SSSR count). The SMILES string of the molecule is CCC(C)CC(O)c1cc(Cl)ccc1I. The van der Waals surface area contributed by atoms with Gasteiger partial charge in [0.25, 0.3) is 0 Å². The number of benzene rings is 1. The van der Waals surface area contributed by atoms with Gasteiger partial charge in [0.15, 0.2) is 0 Å². The lowest BCUT2D eigenvalue weighted by molar-refractivity contribution is 0.145. The van der Waals surface area contributed by atoms with Gasteiger partial charge >= 0.3 is 0 Å². The predicted octanol–water partition coefficient (Wildman–Crippen LogP) is 4.41. The topological polar surface area (TPSA) is 20.2 Å². The van der Waals surface area contributed by atoms with Crippen LogP contribution in [-0.2, 0) is 0 Å². The second-order valence-electron chi connectivity index (χ2n) is 3.93. The van der Waals surface area contributed by atoms with Crippen molar-refractivity contribution < 1.29 is 5.11 Å². The van der Waals surface area contributed by atoms with Crippen molar-refractivity contribution in [1.29, 1.82) is 0 Å². The maximum atomic E-state index is 10.1. The third kappa shape index (κ3) is 3.93. The highest BCUT2D eigenvalue weighted by Gasteiger charge is 2.14. The van der Waals surface area contributed by atoms with E-state index in [2.05, 4.69) is 36.4 Å². The first-order valence-corrected chi connectivity index (χ1v) is 6.63. The fourth-order valence-corrected chi connectivity index (χ4v) is 2.32. The fourth-order valence-electron chi connectivity index (χ4n) is 1.44. The normalized spacial score (nSPS) is 15.0. The second-order valence-corrected chi connectivity index (χ2v) is 5.53. The fraction of sp³-hybridized carbons (Fsp3) is 0.500. The molecule has 0 heterocycles. The minimum atomic E-state index is -0.398. The van der Waals surface area contributed by atoms with E-state index in [1.165, 1.54) is 0 Å². The summed E-state index contributed by atoms with van der Waals surface area (Å²) in [5.41, 5.74) is 0.948. The van der Waals surface area contributed by atoms with Crippen LogP contribution in [0.5, 0.6) is 0 Å². The van der Waals surface area contributed by atoms with Gasteiger partial charge in [-0.05, 0) is 58.7 Å². The van der Waals surface area contributed by atoms with E-state index in [0.717, 1.165) is 22.0 Å². The van der Waals surface area contributed by atoms with Crippen LogP contribution in [0.1, 0.15) is 38.4 Å². The molecular formula is C12H16ClIO. The van der Waals surface area contributed by atoms with Crippen LogP contribution >= 0.6 is 34.2 Å². The van der Waals surface area contributed by atoms with Gasteiger partial charge in [0.05, 0.1) is 6.10 Å². The zero-order valence-electron chi connectivity index (χ0n) is 9.00. The molecule has 1 aromatic carbocycles. The molecule has 84 valence electrons. The Morgan fingerprint density at radius 1 is 1.47 bits per heavy atom. The van der Waals surface area contributed by atoms with Gasteiger partial charge in [-0.2, -0.15) is 0 Å². The van der Waals surface area contributed by atoms with E-state index >= 15 is 0 Å². The van der Waals surface area contributed by atoms with Crippen LogP contribution in [0.4, 0.5) is 0 Å². The number of aliphatic hydroxyl groups excluding tert-OH is 1. The zero-order chi connectivity index (χ0) is 11.4. The Hall–Kier alpha value is 0.200. The van der Waals surface area contributed by atoms with Crippen LogP contribution < -0.4 is 0 Å². The lowest BCUT2D eigenvalue weighted by Gasteiger charge is -2.16. The standard InChI is InChI=1S/C12H16ClIO/c1-3-8(2)6-12(15)10-7-9(13)4-5-11(10)14/h4-5,7-8,12,15H,3,6H2,1-2H3. The Morgan fingerprint density at radius 3 is 2.73 bits per heavy atom. The van der Waals surface area contributed by atoms with Gasteiger partial charge < -0.3 is 5.11 Å². The Bertz CT molecular complexity index is 327. The smallest absolute Gasteiger partial charge is 0.0803 e. The molecule has 0 bridgehead atoms. The molecule has 0 aromatic heterocycles. The van der Waals surface area contributed by atoms with E-state index in [9.17, 15) is 5.11 Å². The first kappa shape index (κ1) is 13.3. The van der Waals surface area contributed by atoms with Crippen molar-refractivity contribution in [2.45, 2.75) is 32.8 Å². The van der Waals surface area contributed by atoms with Crippen LogP contribution in [0.2, 0.25) is 5.02 Å². The molecule has 0 spiro atoms. The van der Waals surface area contributed by atoms with Gasteiger partial charge in [0.2, 0.25) is 0 Å². The average Bonchev–Trinajstić information content (AvgIpc) is 2.21. The highest BCUT2D eigenvalue weighted by Crippen LogP contribution is 2.28. The van der Waals surface area contributed by atoms with Crippen LogP contribution in [0.3, 0.4) is 0 Å². The van der Waals surface area contributed by atoms with Crippen molar-refractivity contribution in [3.05, 3.63) is 32.4 Å². The lowest BCUT2D eigenvalue weighted by Crippen LogP contribution is -2.05. The summed E-state index contributed by atoms with van der Waals surface area (Å²) in [6, 6.07) is 5.65. The summed E-state index contributed by atoms with van der Waals surface area (Å²) in [4.78, 5) is 0. The summed E-state index contributed by atoms with van der Waals surface area (Å²) in [7, 11) is 0. The second kappa shape index (κ2) is 6.06. The first-order chi connectivity index (χ1) is 7.04. The van der Waals surface area contributed by atoms with Crippen LogP contribution in [0.15, 0.2) is 18.2 Å². The molecule has 0 amide bonds. The summed E-state index contributed by atoms with van der Waals surface area (Å²) in [5, 5.41) is 10.8. The molecule has 0 fully saturated rings. The number of halogens is 2. The van der Waals surface area contributed by atoms with Crippen LogP contribution in [0.25, 0.3) is 0 Å². The molecule has 2 atom stereocenters. The van der Waals surface area contributed by atoms with E-state index in [4.69, 9.17) is 11.6 Å². The Balaban J connectivity index is 2.80. The van der Waals surface area contributed by atoms with Crippen molar-refractivity contribution in [2.24, 2.45) is 5.92 Å². The summed E-state index contributed by atoms with van der Waals surface area (Å²) < 4.78 is 1.08. The molecule has 1 aromatic rings. The molecule has 0 aliphatic rings. The molecule has 0 saturated carbocycles. The number of hydrogen-bond acceptors (Lipinski definition) is 1. The molecule has 1 nitrogen and oxygen atoms in total. The minimum Gasteiger partial charge on any atom is -0.388 e. The number of rotatable bonds is 4. The summed E-state index contributed by atoms with van der Waals surface area (Å²) >= 11 is 8.15. The summed E-state index contributed by atoms with van der Waals surface area (Å²) in [6.45, 7) is 4.29. The third-order valence-electron chi connectivity index (χ3n) is 2.64. The van der Waals surface area contributed by atoms with E-state index in [1.807, 2.05) is 18.2 Å².